The maximum absolute atomic E-state index is 6.81. The van der Waals surface area contributed by atoms with Gasteiger partial charge in [-0.1, -0.05) is 176 Å². The van der Waals surface area contributed by atoms with E-state index < -0.39 is 0 Å². The SMILES string of the molecule is c1ccc(-c2cc(-c3c4ccccc4c(-c4ccccc4-c4ccc5ccc6cccc7ccc4c5c67)c4ccccc34)c3oc4ccccc4c3c2)cc1. The molecule has 0 fully saturated rings. The normalized spacial score (nSPS) is 12.0. The molecule has 0 aliphatic carbocycles. The molecule has 254 valence electrons. The molecule has 0 amide bonds. The lowest BCUT2D eigenvalue weighted by Gasteiger charge is -2.21. The Bertz CT molecular complexity index is 3400. The first-order chi connectivity index (χ1) is 27.3. The van der Waals surface area contributed by atoms with Gasteiger partial charge in [0.05, 0.1) is 0 Å². The van der Waals surface area contributed by atoms with Crippen LogP contribution in [0.2, 0.25) is 0 Å². The van der Waals surface area contributed by atoms with Crippen LogP contribution in [0.3, 0.4) is 0 Å². The fourth-order valence-corrected chi connectivity index (χ4v) is 9.42. The summed E-state index contributed by atoms with van der Waals surface area (Å²) in [4.78, 5) is 0. The van der Waals surface area contributed by atoms with Crippen molar-refractivity contribution < 1.29 is 4.42 Å². The molecule has 0 spiro atoms. The van der Waals surface area contributed by atoms with Crippen LogP contribution >= 0.6 is 0 Å². The Morgan fingerprint density at radius 1 is 0.273 bits per heavy atom. The van der Waals surface area contributed by atoms with Gasteiger partial charge in [-0.2, -0.15) is 0 Å². The van der Waals surface area contributed by atoms with Crippen LogP contribution in [0.1, 0.15) is 0 Å². The van der Waals surface area contributed by atoms with Crippen molar-refractivity contribution in [2.45, 2.75) is 0 Å². The lowest BCUT2D eigenvalue weighted by atomic mass is 9.82. The van der Waals surface area contributed by atoms with E-state index in [-0.39, 0.29) is 0 Å². The Morgan fingerprint density at radius 2 is 0.818 bits per heavy atom. The average molecular weight is 697 g/mol. The molecule has 12 aromatic rings. The van der Waals surface area contributed by atoms with Crippen molar-refractivity contribution >= 4 is 75.8 Å². The molecule has 1 heteroatoms. The van der Waals surface area contributed by atoms with Gasteiger partial charge < -0.3 is 4.42 Å². The predicted molar refractivity (Wildman–Crippen MR) is 234 cm³/mol. The zero-order chi connectivity index (χ0) is 36.0. The van der Waals surface area contributed by atoms with E-state index in [2.05, 4.69) is 194 Å². The highest BCUT2D eigenvalue weighted by Crippen LogP contribution is 2.50. The first-order valence-corrected chi connectivity index (χ1v) is 19.0. The Morgan fingerprint density at radius 3 is 1.53 bits per heavy atom. The second-order valence-electron chi connectivity index (χ2n) is 14.7. The Hall–Kier alpha value is -7.22. The van der Waals surface area contributed by atoms with Crippen LogP contribution in [0.25, 0.3) is 120 Å². The van der Waals surface area contributed by atoms with E-state index in [1.54, 1.807) is 0 Å². The third-order valence-corrected chi connectivity index (χ3v) is 11.8. The number of hydrogen-bond acceptors (Lipinski definition) is 1. The number of rotatable bonds is 4. The summed E-state index contributed by atoms with van der Waals surface area (Å²) < 4.78 is 6.81. The molecule has 0 bridgehead atoms. The van der Waals surface area contributed by atoms with Crippen molar-refractivity contribution in [3.63, 3.8) is 0 Å². The van der Waals surface area contributed by atoms with Gasteiger partial charge in [-0.25, -0.2) is 0 Å². The molecular formula is C54H32O. The molecule has 0 aliphatic heterocycles. The Balaban J connectivity index is 1.18. The van der Waals surface area contributed by atoms with E-state index in [4.69, 9.17) is 4.42 Å². The van der Waals surface area contributed by atoms with Gasteiger partial charge in [-0.05, 0) is 105 Å². The van der Waals surface area contributed by atoms with Crippen molar-refractivity contribution in [3.8, 4) is 44.5 Å². The minimum atomic E-state index is 0.899. The molecule has 0 saturated carbocycles. The van der Waals surface area contributed by atoms with E-state index in [9.17, 15) is 0 Å². The maximum atomic E-state index is 6.81. The highest BCUT2D eigenvalue weighted by atomic mass is 16.3. The summed E-state index contributed by atoms with van der Waals surface area (Å²) in [6.07, 6.45) is 0. The molecule has 0 radical (unpaired) electrons. The molecule has 0 N–H and O–H groups in total. The summed E-state index contributed by atoms with van der Waals surface area (Å²) in [5.41, 5.74) is 11.4. The minimum Gasteiger partial charge on any atom is -0.455 e. The monoisotopic (exact) mass is 696 g/mol. The number of para-hydroxylation sites is 1. The van der Waals surface area contributed by atoms with Gasteiger partial charge in [-0.3, -0.25) is 0 Å². The maximum Gasteiger partial charge on any atom is 0.143 e. The summed E-state index contributed by atoms with van der Waals surface area (Å²) in [6.45, 7) is 0. The van der Waals surface area contributed by atoms with Gasteiger partial charge in [0, 0.05) is 21.9 Å². The zero-order valence-electron chi connectivity index (χ0n) is 29.9. The van der Waals surface area contributed by atoms with Crippen molar-refractivity contribution in [1.29, 1.82) is 0 Å². The molecule has 1 heterocycles. The van der Waals surface area contributed by atoms with Crippen LogP contribution in [0.4, 0.5) is 0 Å². The van der Waals surface area contributed by atoms with Crippen LogP contribution in [-0.4, -0.2) is 0 Å². The van der Waals surface area contributed by atoms with Gasteiger partial charge in [0.15, 0.2) is 0 Å². The summed E-state index contributed by atoms with van der Waals surface area (Å²) in [7, 11) is 0. The molecule has 11 aromatic carbocycles. The van der Waals surface area contributed by atoms with Crippen molar-refractivity contribution in [2.24, 2.45) is 0 Å². The van der Waals surface area contributed by atoms with Gasteiger partial charge in [0.2, 0.25) is 0 Å². The van der Waals surface area contributed by atoms with Crippen LogP contribution < -0.4 is 0 Å². The molecule has 1 nitrogen and oxygen atoms in total. The first-order valence-electron chi connectivity index (χ1n) is 19.0. The highest BCUT2D eigenvalue weighted by Gasteiger charge is 2.23. The molecule has 12 rings (SSSR count). The Kier molecular flexibility index (Phi) is 6.40. The summed E-state index contributed by atoms with van der Waals surface area (Å²) >= 11 is 0. The van der Waals surface area contributed by atoms with Crippen molar-refractivity contribution in [3.05, 3.63) is 194 Å². The number of benzene rings is 11. The fraction of sp³-hybridized carbons (Fsp3) is 0. The second-order valence-corrected chi connectivity index (χ2v) is 14.7. The molecular weight excluding hydrogens is 665 g/mol. The third-order valence-electron chi connectivity index (χ3n) is 11.8. The van der Waals surface area contributed by atoms with E-state index >= 15 is 0 Å². The van der Waals surface area contributed by atoms with Gasteiger partial charge in [0.25, 0.3) is 0 Å². The number of furan rings is 1. The number of hydrogen-bond donors (Lipinski definition) is 0. The largest absolute Gasteiger partial charge is 0.455 e. The summed E-state index contributed by atoms with van der Waals surface area (Å²) in [6, 6.07) is 71.1. The van der Waals surface area contributed by atoms with E-state index in [1.165, 1.54) is 92.8 Å². The molecule has 1 aromatic heterocycles. The fourth-order valence-electron chi connectivity index (χ4n) is 9.42. The summed E-state index contributed by atoms with van der Waals surface area (Å²) in [5.74, 6) is 0. The van der Waals surface area contributed by atoms with Gasteiger partial charge in [-0.15, -0.1) is 0 Å². The molecule has 0 aliphatic rings. The summed E-state index contributed by atoms with van der Waals surface area (Å²) in [5, 5.41) is 14.9. The van der Waals surface area contributed by atoms with Gasteiger partial charge in [0.1, 0.15) is 11.2 Å². The second kappa shape index (κ2) is 11.6. The van der Waals surface area contributed by atoms with E-state index in [0.717, 1.165) is 27.5 Å². The van der Waals surface area contributed by atoms with Crippen LogP contribution in [-0.2, 0) is 0 Å². The third kappa shape index (κ3) is 4.41. The standard InChI is InChI=1S/C54H32O/c1-2-13-33(14-3-1)37-31-47-40-18-10-11-24-49(40)55-54(47)48(32-37)53-44-22-8-6-20-42(44)52(43-21-7-9-23-45(43)53)41-19-5-4-17-38(41)39-29-27-36-26-25-34-15-12-16-35-28-30-46(39)51(36)50(34)35/h1-32H. The van der Waals surface area contributed by atoms with Crippen molar-refractivity contribution in [2.75, 3.05) is 0 Å². The predicted octanol–water partition coefficient (Wildman–Crippen LogP) is 15.5. The first kappa shape index (κ1) is 30.3. The molecule has 0 saturated heterocycles. The van der Waals surface area contributed by atoms with E-state index in [1.807, 2.05) is 0 Å². The molecule has 0 unspecified atom stereocenters. The molecule has 0 atom stereocenters. The smallest absolute Gasteiger partial charge is 0.143 e. The van der Waals surface area contributed by atoms with Crippen LogP contribution in [0.15, 0.2) is 199 Å². The lowest BCUT2D eigenvalue weighted by Crippen LogP contribution is -1.94. The highest BCUT2D eigenvalue weighted by molar-refractivity contribution is 6.28. The minimum absolute atomic E-state index is 0.899. The zero-order valence-corrected chi connectivity index (χ0v) is 29.9. The van der Waals surface area contributed by atoms with E-state index in [0.29, 0.717) is 0 Å². The topological polar surface area (TPSA) is 13.1 Å². The number of fused-ring (bicyclic) bond motifs is 5. The van der Waals surface area contributed by atoms with Crippen LogP contribution in [0, 0.1) is 0 Å². The van der Waals surface area contributed by atoms with Crippen molar-refractivity contribution in [1.82, 2.24) is 0 Å². The quantitative estimate of drug-likeness (QED) is 0.132. The van der Waals surface area contributed by atoms with Crippen LogP contribution in [0.5, 0.6) is 0 Å². The average Bonchev–Trinajstić information content (AvgIpc) is 3.64. The lowest BCUT2D eigenvalue weighted by molar-refractivity contribution is 0.670. The van der Waals surface area contributed by atoms with Gasteiger partial charge >= 0.3 is 0 Å². The molecule has 55 heavy (non-hydrogen) atoms. The Labute approximate surface area is 317 Å².